The summed E-state index contributed by atoms with van der Waals surface area (Å²) in [7, 11) is 0. The highest BCUT2D eigenvalue weighted by Crippen LogP contribution is 2.47. The van der Waals surface area contributed by atoms with Gasteiger partial charge in [0, 0.05) is 47.2 Å². The molecule has 0 radical (unpaired) electrons. The average molecular weight is 508 g/mol. The number of aryl methyl sites for hydroxylation is 1. The lowest BCUT2D eigenvalue weighted by Gasteiger charge is -2.30. The fraction of sp³-hybridized carbons (Fsp3) is 0.500. The van der Waals surface area contributed by atoms with E-state index >= 15 is 4.39 Å². The maximum absolute atomic E-state index is 15.5. The molecule has 0 bridgehead atoms. The van der Waals surface area contributed by atoms with Gasteiger partial charge in [-0.1, -0.05) is 18.9 Å². The third-order valence-corrected chi connectivity index (χ3v) is 8.69. The van der Waals surface area contributed by atoms with E-state index in [1.54, 1.807) is 24.3 Å². The minimum Gasteiger partial charge on any atom is -0.478 e. The van der Waals surface area contributed by atoms with Crippen LogP contribution in [0.4, 0.5) is 14.5 Å². The Morgan fingerprint density at radius 3 is 2.59 bits per heavy atom. The molecule has 1 aromatic heterocycles. The number of anilines is 1. The third kappa shape index (κ3) is 4.63. The minimum atomic E-state index is -0.984. The van der Waals surface area contributed by atoms with E-state index in [4.69, 9.17) is 0 Å². The smallest absolute Gasteiger partial charge is 0.335 e. The Hall–Kier alpha value is -2.93. The van der Waals surface area contributed by atoms with Crippen molar-refractivity contribution in [1.29, 1.82) is 0 Å². The molecule has 2 aromatic carbocycles. The molecule has 3 heterocycles. The van der Waals surface area contributed by atoms with Crippen LogP contribution in [-0.2, 0) is 6.54 Å². The molecule has 1 saturated carbocycles. The van der Waals surface area contributed by atoms with Crippen molar-refractivity contribution in [3.63, 3.8) is 0 Å². The minimum absolute atomic E-state index is 0.199. The highest BCUT2D eigenvalue weighted by molar-refractivity contribution is 5.99. The van der Waals surface area contributed by atoms with Crippen LogP contribution in [0.1, 0.15) is 73.2 Å². The van der Waals surface area contributed by atoms with Crippen molar-refractivity contribution >= 4 is 22.6 Å². The molecule has 3 atom stereocenters. The molecule has 7 heteroatoms. The monoisotopic (exact) mass is 507 g/mol. The van der Waals surface area contributed by atoms with E-state index in [2.05, 4.69) is 14.8 Å². The standard InChI is InChI=1S/C30H35F2N3O2/c31-20-8-10-26-24(18-20)29-28(22-5-1-2-6-25(22)32)23-9-7-19(30(36)37)17-27(23)35(29)16-12-21(33-26)11-15-34-13-3-4-14-34/h7-10,17-18,21-22,25,33H,1-6,11-16H2,(H,36,37)/t21?,22?,25-/m0/s1. The van der Waals surface area contributed by atoms with Gasteiger partial charge in [0.25, 0.3) is 0 Å². The Bertz CT molecular complexity index is 1310. The van der Waals surface area contributed by atoms with Gasteiger partial charge < -0.3 is 19.9 Å². The van der Waals surface area contributed by atoms with Gasteiger partial charge in [-0.3, -0.25) is 0 Å². The zero-order valence-corrected chi connectivity index (χ0v) is 21.2. The molecule has 37 heavy (non-hydrogen) atoms. The number of hydrogen-bond acceptors (Lipinski definition) is 3. The molecule has 3 aliphatic rings. The molecule has 2 fully saturated rings. The Morgan fingerprint density at radius 1 is 1.00 bits per heavy atom. The van der Waals surface area contributed by atoms with E-state index in [0.717, 1.165) is 85.1 Å². The molecule has 2 N–H and O–H groups in total. The maximum atomic E-state index is 15.5. The van der Waals surface area contributed by atoms with Gasteiger partial charge in [-0.2, -0.15) is 0 Å². The van der Waals surface area contributed by atoms with Gasteiger partial charge in [0.15, 0.2) is 0 Å². The van der Waals surface area contributed by atoms with E-state index < -0.39 is 12.1 Å². The van der Waals surface area contributed by atoms with Gasteiger partial charge in [0.05, 0.1) is 11.3 Å². The zero-order chi connectivity index (χ0) is 25.5. The second kappa shape index (κ2) is 10.1. The molecule has 2 aliphatic heterocycles. The van der Waals surface area contributed by atoms with E-state index in [1.165, 1.54) is 18.9 Å². The molecule has 196 valence electrons. The molecule has 6 rings (SSSR count). The molecular weight excluding hydrogens is 472 g/mol. The van der Waals surface area contributed by atoms with Crippen LogP contribution < -0.4 is 5.32 Å². The van der Waals surface area contributed by atoms with Crippen LogP contribution in [0, 0.1) is 5.82 Å². The molecule has 0 spiro atoms. The van der Waals surface area contributed by atoms with E-state index in [1.807, 2.05) is 6.07 Å². The summed E-state index contributed by atoms with van der Waals surface area (Å²) in [6.07, 6.45) is 6.47. The van der Waals surface area contributed by atoms with Crippen molar-refractivity contribution in [3.8, 4) is 11.3 Å². The van der Waals surface area contributed by atoms with E-state index in [-0.39, 0.29) is 23.3 Å². The maximum Gasteiger partial charge on any atom is 0.335 e. The highest BCUT2D eigenvalue weighted by Gasteiger charge is 2.34. The number of carboxylic acids is 1. The Kier molecular flexibility index (Phi) is 6.65. The molecule has 3 aromatic rings. The molecular formula is C30H35F2N3O2. The summed E-state index contributed by atoms with van der Waals surface area (Å²) in [6, 6.07) is 10.2. The Morgan fingerprint density at radius 2 is 1.81 bits per heavy atom. The second-order valence-electron chi connectivity index (χ2n) is 11.0. The zero-order valence-electron chi connectivity index (χ0n) is 21.2. The molecule has 1 saturated heterocycles. The number of benzene rings is 2. The number of aromatic nitrogens is 1. The van der Waals surface area contributed by atoms with Crippen molar-refractivity contribution in [2.75, 3.05) is 25.0 Å². The average Bonchev–Trinajstić information content (AvgIpc) is 3.51. The summed E-state index contributed by atoms with van der Waals surface area (Å²) in [5, 5.41) is 14.3. The number of rotatable bonds is 5. The van der Waals surface area contributed by atoms with Crippen LogP contribution in [0.15, 0.2) is 36.4 Å². The first-order chi connectivity index (χ1) is 18.0. The van der Waals surface area contributed by atoms with Gasteiger partial charge >= 0.3 is 5.97 Å². The van der Waals surface area contributed by atoms with Crippen LogP contribution in [0.25, 0.3) is 22.2 Å². The fourth-order valence-electron chi connectivity index (χ4n) is 6.79. The lowest BCUT2D eigenvalue weighted by atomic mass is 9.80. The van der Waals surface area contributed by atoms with Gasteiger partial charge in [0.1, 0.15) is 12.0 Å². The summed E-state index contributed by atoms with van der Waals surface area (Å²) in [4.78, 5) is 14.4. The number of alkyl halides is 1. The van der Waals surface area contributed by atoms with Crippen LogP contribution in [0.2, 0.25) is 0 Å². The van der Waals surface area contributed by atoms with Gasteiger partial charge in [0.2, 0.25) is 0 Å². The van der Waals surface area contributed by atoms with Gasteiger partial charge in [-0.15, -0.1) is 0 Å². The van der Waals surface area contributed by atoms with Gasteiger partial charge in [-0.25, -0.2) is 13.6 Å². The first kappa shape index (κ1) is 24.4. The van der Waals surface area contributed by atoms with E-state index in [9.17, 15) is 14.3 Å². The van der Waals surface area contributed by atoms with Crippen LogP contribution in [-0.4, -0.2) is 52.4 Å². The molecule has 5 nitrogen and oxygen atoms in total. The Labute approximate surface area is 216 Å². The van der Waals surface area contributed by atoms with Crippen LogP contribution in [0.3, 0.4) is 0 Å². The highest BCUT2D eigenvalue weighted by atomic mass is 19.1. The largest absolute Gasteiger partial charge is 0.478 e. The van der Waals surface area contributed by atoms with Crippen molar-refractivity contribution < 1.29 is 18.7 Å². The number of hydrogen-bond donors (Lipinski definition) is 2. The number of nitrogens with one attached hydrogen (secondary N) is 1. The number of nitrogens with zero attached hydrogens (tertiary/aromatic N) is 2. The summed E-state index contributed by atoms with van der Waals surface area (Å²) >= 11 is 0. The predicted octanol–water partition coefficient (Wildman–Crippen LogP) is 6.81. The topological polar surface area (TPSA) is 57.5 Å². The summed E-state index contributed by atoms with van der Waals surface area (Å²) in [5.74, 6) is -1.60. The first-order valence-corrected chi connectivity index (χ1v) is 13.8. The number of carbonyl (C=O) groups is 1. The first-order valence-electron chi connectivity index (χ1n) is 13.8. The molecule has 1 aliphatic carbocycles. The normalized spacial score (nSPS) is 24.2. The lowest BCUT2D eigenvalue weighted by molar-refractivity contribution is 0.0697. The number of halogens is 2. The van der Waals surface area contributed by atoms with Crippen molar-refractivity contribution in [1.82, 2.24) is 9.47 Å². The van der Waals surface area contributed by atoms with Crippen molar-refractivity contribution in [2.45, 2.75) is 76.0 Å². The SMILES string of the molecule is O=C(O)c1ccc2c(C3CCCC[C@@H]3F)c3n(c2c1)CCC(CCN1CCCC1)Nc1ccc(F)cc1-3. The number of likely N-dealkylation sites (tertiary alicyclic amines) is 1. The third-order valence-electron chi connectivity index (χ3n) is 8.69. The Balaban J connectivity index is 1.51. The van der Waals surface area contributed by atoms with Gasteiger partial charge in [-0.05, 0) is 87.5 Å². The summed E-state index contributed by atoms with van der Waals surface area (Å²) in [6.45, 7) is 3.97. The van der Waals surface area contributed by atoms with Crippen molar-refractivity contribution in [2.24, 2.45) is 0 Å². The van der Waals surface area contributed by atoms with Crippen molar-refractivity contribution in [3.05, 3.63) is 53.3 Å². The van der Waals surface area contributed by atoms with Crippen LogP contribution in [0.5, 0.6) is 0 Å². The molecule has 2 unspecified atom stereocenters. The molecule has 0 amide bonds. The lowest BCUT2D eigenvalue weighted by Crippen LogP contribution is -2.30. The number of aromatic carboxylic acids is 1. The fourth-order valence-corrected chi connectivity index (χ4v) is 6.79. The summed E-state index contributed by atoms with van der Waals surface area (Å²) < 4.78 is 32.4. The quantitative estimate of drug-likeness (QED) is 0.398. The number of carboxylic acid groups (broad SMARTS) is 1. The predicted molar refractivity (Wildman–Crippen MR) is 143 cm³/mol. The number of fused-ring (bicyclic) bond motifs is 5. The summed E-state index contributed by atoms with van der Waals surface area (Å²) in [5.41, 5.74) is 4.37. The second-order valence-corrected chi connectivity index (χ2v) is 11.0. The van der Waals surface area contributed by atoms with Crippen LogP contribution >= 0.6 is 0 Å². The van der Waals surface area contributed by atoms with E-state index in [0.29, 0.717) is 13.0 Å².